The molecule has 0 spiro atoms. The van der Waals surface area contributed by atoms with Crippen LogP contribution in [0.3, 0.4) is 0 Å². The molecule has 2 N–H and O–H groups in total. The van der Waals surface area contributed by atoms with Gasteiger partial charge in [-0.25, -0.2) is 18.0 Å². The average Bonchev–Trinajstić information content (AvgIpc) is 3.78. The molecule has 0 aromatic heterocycles. The van der Waals surface area contributed by atoms with E-state index < -0.39 is 34.7 Å². The van der Waals surface area contributed by atoms with Crippen molar-refractivity contribution in [2.75, 3.05) is 26.3 Å². The van der Waals surface area contributed by atoms with Crippen LogP contribution in [-0.4, -0.2) is 48.6 Å². The molecule has 1 fully saturated rings. The Morgan fingerprint density at radius 2 is 1.62 bits per heavy atom. The highest BCUT2D eigenvalue weighted by Crippen LogP contribution is 2.44. The molecule has 3 aromatic carbocycles. The highest BCUT2D eigenvalue weighted by atomic mass is 79.9. The Morgan fingerprint density at radius 3 is 2.26 bits per heavy atom. The number of primary amides is 1. The van der Waals surface area contributed by atoms with Gasteiger partial charge in [0.2, 0.25) is 5.91 Å². The summed E-state index contributed by atoms with van der Waals surface area (Å²) in [5.74, 6) is -4.35. The second-order valence-electron chi connectivity index (χ2n) is 10.1. The number of halogens is 4. The molecule has 3 aromatic rings. The first-order valence-electron chi connectivity index (χ1n) is 13.4. The third-order valence-electron chi connectivity index (χ3n) is 7.46. The molecule has 0 unspecified atom stereocenters. The van der Waals surface area contributed by atoms with E-state index in [-0.39, 0.29) is 32.3 Å². The Bertz CT molecular complexity index is 1500. The summed E-state index contributed by atoms with van der Waals surface area (Å²) in [6, 6.07) is 15.6. The summed E-state index contributed by atoms with van der Waals surface area (Å²) in [6.45, 7) is 0.690. The highest BCUT2D eigenvalue weighted by Gasteiger charge is 2.54. The van der Waals surface area contributed by atoms with Gasteiger partial charge in [0, 0.05) is 35.3 Å². The lowest BCUT2D eigenvalue weighted by Gasteiger charge is -2.35. The molecular formula is C31H28BrF3N2O5. The number of esters is 1. The molecule has 0 atom stereocenters. The van der Waals surface area contributed by atoms with Crippen molar-refractivity contribution >= 4 is 33.4 Å². The van der Waals surface area contributed by atoms with E-state index in [1.54, 1.807) is 12.1 Å². The van der Waals surface area contributed by atoms with Crippen LogP contribution in [0, 0.1) is 17.5 Å². The molecule has 1 heterocycles. The predicted molar refractivity (Wildman–Crippen MR) is 152 cm³/mol. The number of hydrogen-bond donors (Lipinski definition) is 1. The fourth-order valence-electron chi connectivity index (χ4n) is 5.04. The number of rotatable bonds is 11. The molecule has 1 saturated carbocycles. The Labute approximate surface area is 249 Å². The summed E-state index contributed by atoms with van der Waals surface area (Å²) < 4.78 is 57.8. The number of hydrogen-bond acceptors (Lipinski definition) is 6. The second kappa shape index (κ2) is 12.6. The average molecular weight is 645 g/mol. The van der Waals surface area contributed by atoms with Crippen molar-refractivity contribution in [3.05, 3.63) is 99.3 Å². The van der Waals surface area contributed by atoms with Gasteiger partial charge in [-0.05, 0) is 48.6 Å². The minimum atomic E-state index is -1.13. The Morgan fingerprint density at radius 1 is 0.952 bits per heavy atom. The Hall–Kier alpha value is -3.83. The Balaban J connectivity index is 1.28. The number of benzene rings is 3. The van der Waals surface area contributed by atoms with Crippen LogP contribution in [-0.2, 0) is 20.9 Å². The van der Waals surface area contributed by atoms with Crippen molar-refractivity contribution in [3.8, 4) is 11.5 Å². The van der Waals surface area contributed by atoms with Gasteiger partial charge in [-0.1, -0.05) is 46.3 Å². The van der Waals surface area contributed by atoms with E-state index in [2.05, 4.69) is 15.9 Å². The fraction of sp³-hybridized carbons (Fsp3) is 0.290. The SMILES string of the molecule is NC(=O)C1(N2CCC(c3ccc(OCCOc4c(F)cc(F)cc4F)cc3)=C(C(=O)OCc3ccccc3Br)C2)CC1. The quantitative estimate of drug-likeness (QED) is 0.218. The molecule has 0 saturated heterocycles. The summed E-state index contributed by atoms with van der Waals surface area (Å²) in [5, 5.41) is 0. The molecule has 42 heavy (non-hydrogen) atoms. The third kappa shape index (κ3) is 6.47. The van der Waals surface area contributed by atoms with Gasteiger partial charge in [-0.3, -0.25) is 9.69 Å². The van der Waals surface area contributed by atoms with Gasteiger partial charge in [0.1, 0.15) is 36.9 Å². The van der Waals surface area contributed by atoms with Crippen LogP contribution >= 0.6 is 15.9 Å². The number of nitrogens with two attached hydrogens (primary N) is 1. The van der Waals surface area contributed by atoms with Gasteiger partial charge in [-0.15, -0.1) is 0 Å². The van der Waals surface area contributed by atoms with Crippen molar-refractivity contribution in [1.82, 2.24) is 4.90 Å². The van der Waals surface area contributed by atoms with E-state index in [0.717, 1.165) is 21.2 Å². The minimum absolute atomic E-state index is 0.0188. The zero-order valence-corrected chi connectivity index (χ0v) is 24.1. The van der Waals surface area contributed by atoms with E-state index in [4.69, 9.17) is 19.9 Å². The van der Waals surface area contributed by atoms with Crippen molar-refractivity contribution in [2.45, 2.75) is 31.4 Å². The monoisotopic (exact) mass is 644 g/mol. The summed E-state index contributed by atoms with van der Waals surface area (Å²) in [5.41, 5.74) is 7.88. The van der Waals surface area contributed by atoms with E-state index in [9.17, 15) is 22.8 Å². The fourth-order valence-corrected chi connectivity index (χ4v) is 5.44. The zero-order chi connectivity index (χ0) is 29.9. The van der Waals surface area contributed by atoms with Gasteiger partial charge in [0.25, 0.3) is 0 Å². The van der Waals surface area contributed by atoms with Crippen molar-refractivity contribution in [1.29, 1.82) is 0 Å². The molecule has 7 nitrogen and oxygen atoms in total. The molecule has 0 bridgehead atoms. The molecule has 2 aliphatic rings. The molecule has 1 aliphatic heterocycles. The lowest BCUT2D eigenvalue weighted by Crippen LogP contribution is -2.50. The number of nitrogens with zero attached hydrogens (tertiary/aromatic N) is 1. The number of amides is 1. The molecule has 1 amide bonds. The standard InChI is InChI=1S/C31H28BrF3N2O5/c32-25-4-2-1-3-20(25)18-42-29(38)24-17-37(31(10-11-31)30(36)39)12-9-23(24)19-5-7-22(8-6-19)40-13-14-41-28-26(34)15-21(33)16-27(28)35/h1-8,15-16H,9-14,17-18H2,(H2,36,39). The summed E-state index contributed by atoms with van der Waals surface area (Å²) in [4.78, 5) is 27.6. The summed E-state index contributed by atoms with van der Waals surface area (Å²) in [6.07, 6.45) is 1.83. The molecule has 0 radical (unpaired) electrons. The first kappa shape index (κ1) is 29.7. The molecule has 220 valence electrons. The topological polar surface area (TPSA) is 91.1 Å². The first-order chi connectivity index (χ1) is 20.2. The molecule has 11 heteroatoms. The van der Waals surface area contributed by atoms with Crippen LogP contribution in [0.5, 0.6) is 11.5 Å². The number of ether oxygens (including phenoxy) is 3. The summed E-state index contributed by atoms with van der Waals surface area (Å²) in [7, 11) is 0. The smallest absolute Gasteiger partial charge is 0.335 e. The lowest BCUT2D eigenvalue weighted by atomic mass is 9.92. The van der Waals surface area contributed by atoms with Gasteiger partial charge in [-0.2, -0.15) is 0 Å². The second-order valence-corrected chi connectivity index (χ2v) is 11.0. The van der Waals surface area contributed by atoms with Gasteiger partial charge >= 0.3 is 5.97 Å². The predicted octanol–water partition coefficient (Wildman–Crippen LogP) is 5.54. The van der Waals surface area contributed by atoms with Gasteiger partial charge in [0.05, 0.1) is 5.57 Å². The van der Waals surface area contributed by atoms with Crippen molar-refractivity contribution in [3.63, 3.8) is 0 Å². The summed E-state index contributed by atoms with van der Waals surface area (Å²) >= 11 is 3.47. The van der Waals surface area contributed by atoms with Crippen molar-refractivity contribution < 1.29 is 37.0 Å². The van der Waals surface area contributed by atoms with Crippen LogP contribution in [0.1, 0.15) is 30.4 Å². The van der Waals surface area contributed by atoms with E-state index in [0.29, 0.717) is 49.3 Å². The zero-order valence-electron chi connectivity index (χ0n) is 22.5. The van der Waals surface area contributed by atoms with Crippen LogP contribution < -0.4 is 15.2 Å². The van der Waals surface area contributed by atoms with Crippen LogP contribution in [0.15, 0.2) is 70.7 Å². The maximum absolute atomic E-state index is 13.7. The van der Waals surface area contributed by atoms with Crippen LogP contribution in [0.4, 0.5) is 13.2 Å². The number of carbonyl (C=O) groups is 2. The first-order valence-corrected chi connectivity index (χ1v) is 14.2. The molecule has 5 rings (SSSR count). The number of carbonyl (C=O) groups excluding carboxylic acids is 2. The van der Waals surface area contributed by atoms with Gasteiger partial charge in [0.15, 0.2) is 17.4 Å². The van der Waals surface area contributed by atoms with E-state index >= 15 is 0 Å². The Kier molecular flexibility index (Phi) is 8.88. The highest BCUT2D eigenvalue weighted by molar-refractivity contribution is 9.10. The maximum atomic E-state index is 13.7. The van der Waals surface area contributed by atoms with Crippen molar-refractivity contribution in [2.24, 2.45) is 5.73 Å². The maximum Gasteiger partial charge on any atom is 0.335 e. The van der Waals surface area contributed by atoms with Gasteiger partial charge < -0.3 is 19.9 Å². The van der Waals surface area contributed by atoms with Crippen LogP contribution in [0.25, 0.3) is 5.57 Å². The third-order valence-corrected chi connectivity index (χ3v) is 8.23. The van der Waals surface area contributed by atoms with E-state index in [1.807, 2.05) is 41.3 Å². The normalized spacial score (nSPS) is 16.2. The molecule has 1 aliphatic carbocycles. The minimum Gasteiger partial charge on any atom is -0.490 e. The lowest BCUT2D eigenvalue weighted by molar-refractivity contribution is -0.141. The van der Waals surface area contributed by atoms with Crippen LogP contribution in [0.2, 0.25) is 0 Å². The molecular weight excluding hydrogens is 617 g/mol. The largest absolute Gasteiger partial charge is 0.490 e. The van der Waals surface area contributed by atoms with E-state index in [1.165, 1.54) is 0 Å².